The lowest BCUT2D eigenvalue weighted by Gasteiger charge is -1.99. The van der Waals surface area contributed by atoms with Crippen LogP contribution in [0.4, 0.5) is 10.5 Å². The standard InChI is InChI=1S/C13H6N2O6S/c16-11-6(3-10-12(17)14-13(18)22-10)5-21-9-2-1-7(15(19)20)4-8(9)11/h1-5H,(H,14,17,18)/b10-3+. The van der Waals surface area contributed by atoms with E-state index in [1.165, 1.54) is 18.2 Å². The largest absolute Gasteiger partial charge is 0.463 e. The van der Waals surface area contributed by atoms with E-state index in [1.807, 2.05) is 0 Å². The molecule has 0 unspecified atom stereocenters. The Hall–Kier alpha value is -2.94. The molecule has 2 aromatic rings. The van der Waals surface area contributed by atoms with Crippen molar-refractivity contribution < 1.29 is 18.9 Å². The highest BCUT2D eigenvalue weighted by molar-refractivity contribution is 8.18. The molecule has 2 amide bonds. The van der Waals surface area contributed by atoms with Crippen LogP contribution in [-0.4, -0.2) is 16.1 Å². The summed E-state index contributed by atoms with van der Waals surface area (Å²) in [7, 11) is 0. The van der Waals surface area contributed by atoms with Gasteiger partial charge in [0.25, 0.3) is 16.8 Å². The van der Waals surface area contributed by atoms with E-state index < -0.39 is 21.5 Å². The molecular weight excluding hydrogens is 312 g/mol. The molecule has 1 aromatic heterocycles. The summed E-state index contributed by atoms with van der Waals surface area (Å²) >= 11 is 0.663. The van der Waals surface area contributed by atoms with E-state index in [9.17, 15) is 24.5 Å². The molecule has 0 aliphatic carbocycles. The van der Waals surface area contributed by atoms with Crippen LogP contribution in [0.5, 0.6) is 0 Å². The summed E-state index contributed by atoms with van der Waals surface area (Å²) in [6.07, 6.45) is 2.36. The number of hydrogen-bond donors (Lipinski definition) is 1. The molecular formula is C13H6N2O6S. The number of nitro groups is 1. The molecule has 1 aliphatic rings. The molecule has 0 radical (unpaired) electrons. The highest BCUT2D eigenvalue weighted by Gasteiger charge is 2.25. The Kier molecular flexibility index (Phi) is 3.26. The molecule has 3 rings (SSSR count). The van der Waals surface area contributed by atoms with Gasteiger partial charge in [0.1, 0.15) is 11.8 Å². The van der Waals surface area contributed by atoms with Crippen LogP contribution in [0.25, 0.3) is 17.0 Å². The summed E-state index contributed by atoms with van der Waals surface area (Å²) in [4.78, 5) is 45.1. The number of nitrogens with zero attached hydrogens (tertiary/aromatic N) is 1. The predicted octanol–water partition coefficient (Wildman–Crippen LogP) is 2.03. The first-order valence-electron chi connectivity index (χ1n) is 5.90. The molecule has 1 fully saturated rings. The normalized spacial score (nSPS) is 16.3. The lowest BCUT2D eigenvalue weighted by Crippen LogP contribution is -2.18. The van der Waals surface area contributed by atoms with Gasteiger partial charge in [0.15, 0.2) is 5.43 Å². The minimum absolute atomic E-state index is 0.0262. The first-order chi connectivity index (χ1) is 10.5. The fraction of sp³-hybridized carbons (Fsp3) is 0. The van der Waals surface area contributed by atoms with E-state index in [4.69, 9.17) is 4.42 Å². The van der Waals surface area contributed by atoms with Crippen molar-refractivity contribution in [3.63, 3.8) is 0 Å². The van der Waals surface area contributed by atoms with Crippen LogP contribution < -0.4 is 10.7 Å². The van der Waals surface area contributed by atoms with Gasteiger partial charge in [-0.1, -0.05) is 0 Å². The van der Waals surface area contributed by atoms with E-state index in [2.05, 4.69) is 5.32 Å². The summed E-state index contributed by atoms with van der Waals surface area (Å²) in [6, 6.07) is 3.66. The molecule has 0 bridgehead atoms. The Labute approximate surface area is 125 Å². The van der Waals surface area contributed by atoms with Crippen molar-refractivity contribution in [3.05, 3.63) is 55.3 Å². The Balaban J connectivity index is 2.16. The first kappa shape index (κ1) is 14.0. The third-order valence-electron chi connectivity index (χ3n) is 2.92. The van der Waals surface area contributed by atoms with Crippen molar-refractivity contribution in [1.29, 1.82) is 0 Å². The van der Waals surface area contributed by atoms with E-state index in [-0.39, 0.29) is 27.1 Å². The number of nitrogens with one attached hydrogen (secondary N) is 1. The van der Waals surface area contributed by atoms with Gasteiger partial charge in [-0.25, -0.2) is 0 Å². The average molecular weight is 318 g/mol. The molecule has 22 heavy (non-hydrogen) atoms. The molecule has 2 heterocycles. The van der Waals surface area contributed by atoms with E-state index in [0.29, 0.717) is 11.8 Å². The minimum Gasteiger partial charge on any atom is -0.463 e. The molecule has 8 nitrogen and oxygen atoms in total. The number of imide groups is 1. The topological polar surface area (TPSA) is 120 Å². The molecule has 0 atom stereocenters. The van der Waals surface area contributed by atoms with Crippen molar-refractivity contribution in [2.75, 3.05) is 0 Å². The predicted molar refractivity (Wildman–Crippen MR) is 78.2 cm³/mol. The van der Waals surface area contributed by atoms with Crippen LogP contribution in [-0.2, 0) is 4.79 Å². The lowest BCUT2D eigenvalue weighted by molar-refractivity contribution is -0.384. The fourth-order valence-electron chi connectivity index (χ4n) is 1.91. The number of rotatable bonds is 2. The maximum absolute atomic E-state index is 12.3. The molecule has 0 saturated carbocycles. The molecule has 1 N–H and O–H groups in total. The third kappa shape index (κ3) is 2.37. The third-order valence-corrected chi connectivity index (χ3v) is 3.73. The quantitative estimate of drug-likeness (QED) is 0.511. The van der Waals surface area contributed by atoms with Crippen LogP contribution in [0.3, 0.4) is 0 Å². The Morgan fingerprint density at radius 2 is 2.05 bits per heavy atom. The van der Waals surface area contributed by atoms with Crippen LogP contribution in [0, 0.1) is 10.1 Å². The molecule has 1 aliphatic heterocycles. The Morgan fingerprint density at radius 3 is 2.68 bits per heavy atom. The van der Waals surface area contributed by atoms with Gasteiger partial charge >= 0.3 is 0 Å². The summed E-state index contributed by atoms with van der Waals surface area (Å²) in [6.45, 7) is 0. The number of carbonyl (C=O) groups is 2. The zero-order chi connectivity index (χ0) is 15.9. The smallest absolute Gasteiger partial charge is 0.290 e. The molecule has 110 valence electrons. The second kappa shape index (κ2) is 5.11. The van der Waals surface area contributed by atoms with Crippen molar-refractivity contribution in [2.24, 2.45) is 0 Å². The zero-order valence-corrected chi connectivity index (χ0v) is 11.5. The highest BCUT2D eigenvalue weighted by atomic mass is 32.2. The average Bonchev–Trinajstić information content (AvgIpc) is 2.79. The maximum atomic E-state index is 12.3. The molecule has 9 heteroatoms. The van der Waals surface area contributed by atoms with E-state index in [1.54, 1.807) is 0 Å². The van der Waals surface area contributed by atoms with E-state index in [0.717, 1.165) is 12.3 Å². The van der Waals surface area contributed by atoms with Gasteiger partial charge in [-0.15, -0.1) is 0 Å². The number of thioether (sulfide) groups is 1. The summed E-state index contributed by atoms with van der Waals surface area (Å²) in [5, 5.41) is 12.3. The number of carbonyl (C=O) groups excluding carboxylic acids is 2. The van der Waals surface area contributed by atoms with Crippen molar-refractivity contribution >= 4 is 45.6 Å². The second-order valence-electron chi connectivity index (χ2n) is 4.31. The molecule has 1 saturated heterocycles. The number of hydrogen-bond acceptors (Lipinski definition) is 7. The number of non-ortho nitro benzene ring substituents is 1. The Bertz CT molecular complexity index is 930. The van der Waals surface area contributed by atoms with Crippen LogP contribution in [0.15, 0.2) is 38.6 Å². The first-order valence-corrected chi connectivity index (χ1v) is 6.72. The monoisotopic (exact) mass is 318 g/mol. The van der Waals surface area contributed by atoms with Gasteiger partial charge in [0.05, 0.1) is 20.8 Å². The summed E-state index contributed by atoms with van der Waals surface area (Å²) in [5.41, 5.74) is -0.546. The van der Waals surface area contributed by atoms with Gasteiger partial charge in [-0.05, 0) is 23.9 Å². The van der Waals surface area contributed by atoms with Gasteiger partial charge in [-0.2, -0.15) is 0 Å². The van der Waals surface area contributed by atoms with Crippen LogP contribution in [0.1, 0.15) is 5.56 Å². The number of amides is 2. The highest BCUT2D eigenvalue weighted by Crippen LogP contribution is 2.25. The maximum Gasteiger partial charge on any atom is 0.290 e. The minimum atomic E-state index is -0.622. The lowest BCUT2D eigenvalue weighted by atomic mass is 10.1. The van der Waals surface area contributed by atoms with Crippen LogP contribution in [0.2, 0.25) is 0 Å². The zero-order valence-electron chi connectivity index (χ0n) is 10.7. The molecule has 0 spiro atoms. The summed E-state index contributed by atoms with van der Waals surface area (Å²) in [5.74, 6) is -0.603. The van der Waals surface area contributed by atoms with Gasteiger partial charge in [0.2, 0.25) is 0 Å². The number of benzene rings is 1. The van der Waals surface area contributed by atoms with E-state index >= 15 is 0 Å². The second-order valence-corrected chi connectivity index (χ2v) is 5.32. The van der Waals surface area contributed by atoms with Crippen molar-refractivity contribution in [3.8, 4) is 0 Å². The Morgan fingerprint density at radius 1 is 1.27 bits per heavy atom. The van der Waals surface area contributed by atoms with Gasteiger partial charge < -0.3 is 4.42 Å². The SMILES string of the molecule is O=C1NC(=O)/C(=C\c2coc3ccc([N+](=O)[O-])cc3c2=O)S1. The van der Waals surface area contributed by atoms with Crippen LogP contribution >= 0.6 is 11.8 Å². The fourth-order valence-corrected chi connectivity index (χ4v) is 2.58. The number of fused-ring (bicyclic) bond motifs is 1. The van der Waals surface area contributed by atoms with Gasteiger partial charge in [0, 0.05) is 12.1 Å². The van der Waals surface area contributed by atoms with Crippen molar-refractivity contribution in [1.82, 2.24) is 5.32 Å². The molecule has 1 aromatic carbocycles. The van der Waals surface area contributed by atoms with Crippen molar-refractivity contribution in [2.45, 2.75) is 0 Å². The summed E-state index contributed by atoms with van der Waals surface area (Å²) < 4.78 is 5.24. The number of nitro benzene ring substituents is 1. The van der Waals surface area contributed by atoms with Gasteiger partial charge in [-0.3, -0.25) is 29.8 Å².